The van der Waals surface area contributed by atoms with Crippen molar-refractivity contribution in [3.8, 4) is 0 Å². The second kappa shape index (κ2) is 7.45. The number of nitrogens with one attached hydrogen (secondary N) is 1. The normalized spacial score (nSPS) is 11.8. The van der Waals surface area contributed by atoms with E-state index in [9.17, 15) is 9.59 Å². The summed E-state index contributed by atoms with van der Waals surface area (Å²) in [5.74, 6) is -1.58. The Morgan fingerprint density at radius 2 is 2.00 bits per heavy atom. The molecule has 0 heterocycles. The monoisotopic (exact) mass is 251 g/mol. The molecule has 5 nitrogen and oxygen atoms in total. The molecule has 0 aromatic heterocycles. The van der Waals surface area contributed by atoms with Gasteiger partial charge >= 0.3 is 11.9 Å². The summed E-state index contributed by atoms with van der Waals surface area (Å²) in [6.07, 6.45) is 0.548. The lowest BCUT2D eigenvalue weighted by Crippen LogP contribution is -2.39. The predicted molar refractivity (Wildman–Crippen MR) is 66.2 cm³/mol. The number of hydrogen-bond donors (Lipinski definition) is 2. The molecule has 0 saturated heterocycles. The van der Waals surface area contributed by atoms with Gasteiger partial charge in [-0.3, -0.25) is 9.59 Å². The average molecular weight is 251 g/mol. The van der Waals surface area contributed by atoms with E-state index >= 15 is 0 Å². The van der Waals surface area contributed by atoms with E-state index in [2.05, 4.69) is 10.1 Å². The van der Waals surface area contributed by atoms with Crippen LogP contribution in [0.1, 0.15) is 12.0 Å². The Hall–Kier alpha value is -1.88. The number of esters is 1. The van der Waals surface area contributed by atoms with Crippen LogP contribution >= 0.6 is 0 Å². The minimum Gasteiger partial charge on any atom is -0.480 e. The highest BCUT2D eigenvalue weighted by molar-refractivity contribution is 5.81. The van der Waals surface area contributed by atoms with Crippen molar-refractivity contribution in [1.82, 2.24) is 5.32 Å². The average Bonchev–Trinajstić information content (AvgIpc) is 2.38. The zero-order chi connectivity index (χ0) is 13.4. The van der Waals surface area contributed by atoms with Gasteiger partial charge in [-0.1, -0.05) is 30.3 Å². The standard InChI is InChI=1S/C13H17NO4/c1-18-12(15)9-11(13(16)17)14-8-7-10-5-3-2-4-6-10/h2-6,11,14H,7-9H2,1H3,(H,16,17)/t11-/m0/s1. The molecule has 18 heavy (non-hydrogen) atoms. The van der Waals surface area contributed by atoms with Crippen LogP contribution in [-0.2, 0) is 20.7 Å². The summed E-state index contributed by atoms with van der Waals surface area (Å²) in [6.45, 7) is 0.498. The molecule has 0 unspecified atom stereocenters. The molecule has 0 amide bonds. The third kappa shape index (κ3) is 4.97. The van der Waals surface area contributed by atoms with Gasteiger partial charge in [0, 0.05) is 0 Å². The smallest absolute Gasteiger partial charge is 0.321 e. The maximum Gasteiger partial charge on any atom is 0.321 e. The van der Waals surface area contributed by atoms with Crippen molar-refractivity contribution in [2.75, 3.05) is 13.7 Å². The van der Waals surface area contributed by atoms with E-state index in [-0.39, 0.29) is 6.42 Å². The van der Waals surface area contributed by atoms with Gasteiger partial charge in [-0.25, -0.2) is 0 Å². The van der Waals surface area contributed by atoms with Crippen LogP contribution in [0.2, 0.25) is 0 Å². The Morgan fingerprint density at radius 1 is 1.33 bits per heavy atom. The number of benzene rings is 1. The maximum absolute atomic E-state index is 11.0. The van der Waals surface area contributed by atoms with Crippen molar-refractivity contribution < 1.29 is 19.4 Å². The Labute approximate surface area is 106 Å². The van der Waals surface area contributed by atoms with Crippen LogP contribution in [0.15, 0.2) is 30.3 Å². The van der Waals surface area contributed by atoms with Crippen molar-refractivity contribution in [2.24, 2.45) is 0 Å². The van der Waals surface area contributed by atoms with Gasteiger partial charge in [0.2, 0.25) is 0 Å². The van der Waals surface area contributed by atoms with E-state index in [0.717, 1.165) is 5.56 Å². The summed E-state index contributed by atoms with van der Waals surface area (Å²) in [7, 11) is 1.24. The van der Waals surface area contributed by atoms with Crippen LogP contribution < -0.4 is 5.32 Å². The first-order valence-electron chi connectivity index (χ1n) is 5.70. The van der Waals surface area contributed by atoms with Crippen LogP contribution in [-0.4, -0.2) is 36.7 Å². The number of carboxylic acids is 1. The summed E-state index contributed by atoms with van der Waals surface area (Å²) in [5, 5.41) is 11.8. The number of rotatable bonds is 7. The van der Waals surface area contributed by atoms with Gasteiger partial charge in [-0.2, -0.15) is 0 Å². The molecule has 1 aromatic carbocycles. The molecule has 0 fully saturated rings. The number of methoxy groups -OCH3 is 1. The molecule has 1 aromatic rings. The van der Waals surface area contributed by atoms with E-state index < -0.39 is 18.0 Å². The minimum atomic E-state index is -1.05. The number of aliphatic carboxylic acids is 1. The molecule has 0 bridgehead atoms. The summed E-state index contributed by atoms with van der Waals surface area (Å²) in [4.78, 5) is 22.0. The molecule has 1 rings (SSSR count). The van der Waals surface area contributed by atoms with Crippen LogP contribution in [0.5, 0.6) is 0 Å². The first kappa shape index (κ1) is 14.2. The van der Waals surface area contributed by atoms with E-state index in [0.29, 0.717) is 13.0 Å². The van der Waals surface area contributed by atoms with Gasteiger partial charge < -0.3 is 15.2 Å². The zero-order valence-electron chi connectivity index (χ0n) is 10.3. The fourth-order valence-corrected chi connectivity index (χ4v) is 1.53. The fourth-order valence-electron chi connectivity index (χ4n) is 1.53. The van der Waals surface area contributed by atoms with E-state index in [4.69, 9.17) is 5.11 Å². The summed E-state index contributed by atoms with van der Waals surface area (Å²) in [5.41, 5.74) is 1.12. The van der Waals surface area contributed by atoms with Gasteiger partial charge in [-0.05, 0) is 18.5 Å². The highest BCUT2D eigenvalue weighted by atomic mass is 16.5. The van der Waals surface area contributed by atoms with Crippen LogP contribution in [0.3, 0.4) is 0 Å². The third-order valence-corrected chi connectivity index (χ3v) is 2.54. The van der Waals surface area contributed by atoms with Crippen molar-refractivity contribution in [3.63, 3.8) is 0 Å². The molecule has 0 aliphatic carbocycles. The molecular formula is C13H17NO4. The topological polar surface area (TPSA) is 75.6 Å². The second-order valence-corrected chi connectivity index (χ2v) is 3.86. The van der Waals surface area contributed by atoms with Crippen molar-refractivity contribution >= 4 is 11.9 Å². The highest BCUT2D eigenvalue weighted by Crippen LogP contribution is 2.00. The lowest BCUT2D eigenvalue weighted by atomic mass is 10.1. The van der Waals surface area contributed by atoms with Gasteiger partial charge in [0.15, 0.2) is 0 Å². The fraction of sp³-hybridized carbons (Fsp3) is 0.385. The molecule has 5 heteroatoms. The van der Waals surface area contributed by atoms with Gasteiger partial charge in [0.1, 0.15) is 6.04 Å². The zero-order valence-corrected chi connectivity index (χ0v) is 10.3. The van der Waals surface area contributed by atoms with Gasteiger partial charge in [-0.15, -0.1) is 0 Å². The predicted octanol–water partition coefficient (Wildman–Crippen LogP) is 0.835. The summed E-state index contributed by atoms with van der Waals surface area (Å²) < 4.78 is 4.45. The Morgan fingerprint density at radius 3 is 2.56 bits per heavy atom. The molecule has 0 saturated carbocycles. The van der Waals surface area contributed by atoms with Gasteiger partial charge in [0.25, 0.3) is 0 Å². The Balaban J connectivity index is 2.38. The molecule has 1 atom stereocenters. The van der Waals surface area contributed by atoms with Crippen LogP contribution in [0.25, 0.3) is 0 Å². The lowest BCUT2D eigenvalue weighted by molar-refractivity contribution is -0.147. The van der Waals surface area contributed by atoms with Crippen LogP contribution in [0.4, 0.5) is 0 Å². The Bertz CT molecular complexity index is 391. The maximum atomic E-state index is 11.0. The quantitative estimate of drug-likeness (QED) is 0.702. The molecule has 0 aliphatic heterocycles. The van der Waals surface area contributed by atoms with E-state index in [1.807, 2.05) is 30.3 Å². The molecule has 0 radical (unpaired) electrons. The van der Waals surface area contributed by atoms with Crippen molar-refractivity contribution in [3.05, 3.63) is 35.9 Å². The van der Waals surface area contributed by atoms with Crippen molar-refractivity contribution in [2.45, 2.75) is 18.9 Å². The molecular weight excluding hydrogens is 234 g/mol. The van der Waals surface area contributed by atoms with Crippen molar-refractivity contribution in [1.29, 1.82) is 0 Å². The van der Waals surface area contributed by atoms with Gasteiger partial charge in [0.05, 0.1) is 13.5 Å². The summed E-state index contributed by atoms with van der Waals surface area (Å²) >= 11 is 0. The number of carbonyl (C=O) groups is 2. The Kier molecular flexibility index (Phi) is 5.87. The lowest BCUT2D eigenvalue weighted by Gasteiger charge is -2.13. The van der Waals surface area contributed by atoms with E-state index in [1.54, 1.807) is 0 Å². The minimum absolute atomic E-state index is 0.166. The SMILES string of the molecule is COC(=O)C[C@H](NCCc1ccccc1)C(=O)O. The summed E-state index contributed by atoms with van der Waals surface area (Å²) in [6, 6.07) is 8.82. The first-order valence-corrected chi connectivity index (χ1v) is 5.70. The third-order valence-electron chi connectivity index (χ3n) is 2.54. The largest absolute Gasteiger partial charge is 0.480 e. The molecule has 98 valence electrons. The molecule has 0 spiro atoms. The highest BCUT2D eigenvalue weighted by Gasteiger charge is 2.20. The molecule has 0 aliphatic rings. The van der Waals surface area contributed by atoms with Crippen LogP contribution in [0, 0.1) is 0 Å². The van der Waals surface area contributed by atoms with E-state index in [1.165, 1.54) is 7.11 Å². The number of hydrogen-bond acceptors (Lipinski definition) is 4. The number of carbonyl (C=O) groups excluding carboxylic acids is 1. The molecule has 2 N–H and O–H groups in total. The second-order valence-electron chi connectivity index (χ2n) is 3.86. The number of carboxylic acid groups (broad SMARTS) is 1. The number of ether oxygens (including phenoxy) is 1. The first-order chi connectivity index (χ1) is 8.63.